The molecule has 0 N–H and O–H groups in total. The highest BCUT2D eigenvalue weighted by molar-refractivity contribution is 5.70. The van der Waals surface area contributed by atoms with Gasteiger partial charge in [0.1, 0.15) is 5.76 Å². The molecule has 0 aliphatic heterocycles. The molecule has 0 aliphatic carbocycles. The summed E-state index contributed by atoms with van der Waals surface area (Å²) in [4.78, 5) is 11.8. The predicted octanol–water partition coefficient (Wildman–Crippen LogP) is 8.35. The van der Waals surface area contributed by atoms with Crippen molar-refractivity contribution < 1.29 is 9.53 Å². The second kappa shape index (κ2) is 16.4. The first-order valence-corrected chi connectivity index (χ1v) is 11.3. The number of hydrogen-bond donors (Lipinski definition) is 0. The number of ether oxygens (including phenoxy) is 1. The zero-order chi connectivity index (χ0) is 19.7. The van der Waals surface area contributed by atoms with Crippen molar-refractivity contribution in [2.45, 2.75) is 130 Å². The smallest absolute Gasteiger partial charge is 0.310 e. The number of allylic oxidation sites excluding steroid dienone is 1. The normalized spacial score (nSPS) is 11.5. The summed E-state index contributed by atoms with van der Waals surface area (Å²) < 4.78 is 5.30. The van der Waals surface area contributed by atoms with E-state index in [1.807, 2.05) is 20.8 Å². The van der Waals surface area contributed by atoms with Gasteiger partial charge in [0, 0.05) is 11.8 Å². The van der Waals surface area contributed by atoms with Gasteiger partial charge in [0.05, 0.1) is 0 Å². The van der Waals surface area contributed by atoms with Gasteiger partial charge in [-0.2, -0.15) is 0 Å². The quantitative estimate of drug-likeness (QED) is 0.147. The van der Waals surface area contributed by atoms with E-state index in [0.717, 1.165) is 12.8 Å². The summed E-state index contributed by atoms with van der Waals surface area (Å²) in [6.45, 7) is 12.2. The molecule has 2 heteroatoms. The van der Waals surface area contributed by atoms with Gasteiger partial charge >= 0.3 is 5.97 Å². The maximum absolute atomic E-state index is 11.8. The standard InChI is InChI=1S/C24H46O2/c1-6-7-8-9-10-11-12-13-14-15-16-17-18-19-20-21-23(25)26-22(2)24(3,4)5/h2,6-21H2,1,3-5H3. The molecule has 0 fully saturated rings. The highest BCUT2D eigenvalue weighted by Crippen LogP contribution is 2.25. The molecule has 0 aromatic heterocycles. The fourth-order valence-corrected chi connectivity index (χ4v) is 2.98. The minimum atomic E-state index is -0.162. The second-order valence-electron chi connectivity index (χ2n) is 8.85. The average molecular weight is 367 g/mol. The van der Waals surface area contributed by atoms with Crippen LogP contribution in [0.1, 0.15) is 130 Å². The van der Waals surface area contributed by atoms with Crippen LogP contribution in [0.3, 0.4) is 0 Å². The van der Waals surface area contributed by atoms with Crippen LogP contribution in [-0.2, 0) is 9.53 Å². The Morgan fingerprint density at radius 1 is 0.692 bits per heavy atom. The molecule has 0 spiro atoms. The SMILES string of the molecule is C=C(OC(=O)CCCCCCCCCCCCCCCCC)C(C)(C)C. The van der Waals surface area contributed by atoms with E-state index in [0.29, 0.717) is 12.2 Å². The number of esters is 1. The maximum atomic E-state index is 11.8. The Labute approximate surface area is 164 Å². The lowest BCUT2D eigenvalue weighted by Crippen LogP contribution is -2.15. The van der Waals surface area contributed by atoms with Crippen LogP contribution >= 0.6 is 0 Å². The summed E-state index contributed by atoms with van der Waals surface area (Å²) in [5.41, 5.74) is -0.162. The first-order chi connectivity index (χ1) is 12.4. The summed E-state index contributed by atoms with van der Waals surface area (Å²) in [7, 11) is 0. The molecule has 0 saturated heterocycles. The molecule has 0 aromatic carbocycles. The third-order valence-electron chi connectivity index (χ3n) is 5.06. The number of rotatable bonds is 17. The van der Waals surface area contributed by atoms with Gasteiger partial charge in [-0.3, -0.25) is 4.79 Å². The summed E-state index contributed by atoms with van der Waals surface area (Å²) in [5.74, 6) is 0.447. The first kappa shape index (κ1) is 25.2. The molecule has 154 valence electrons. The number of unbranched alkanes of at least 4 members (excludes halogenated alkanes) is 14. The van der Waals surface area contributed by atoms with Crippen LogP contribution in [0.5, 0.6) is 0 Å². The Morgan fingerprint density at radius 3 is 1.38 bits per heavy atom. The third kappa shape index (κ3) is 16.7. The zero-order valence-electron chi connectivity index (χ0n) is 18.3. The Morgan fingerprint density at radius 2 is 1.04 bits per heavy atom. The van der Waals surface area contributed by atoms with E-state index in [1.54, 1.807) is 0 Å². The van der Waals surface area contributed by atoms with Crippen LogP contribution in [0.4, 0.5) is 0 Å². The molecule has 0 bridgehead atoms. The summed E-state index contributed by atoms with van der Waals surface area (Å²) in [6, 6.07) is 0. The molecule has 0 heterocycles. The molecule has 0 saturated carbocycles. The first-order valence-electron chi connectivity index (χ1n) is 11.3. The number of hydrogen-bond acceptors (Lipinski definition) is 2. The van der Waals surface area contributed by atoms with Gasteiger partial charge in [-0.1, -0.05) is 124 Å². The Bertz CT molecular complexity index is 352. The highest BCUT2D eigenvalue weighted by atomic mass is 16.5. The van der Waals surface area contributed by atoms with Crippen molar-refractivity contribution in [1.82, 2.24) is 0 Å². The molecule has 0 rings (SSSR count). The molecule has 0 unspecified atom stereocenters. The Hall–Kier alpha value is -0.790. The lowest BCUT2D eigenvalue weighted by molar-refractivity contribution is -0.141. The monoisotopic (exact) mass is 366 g/mol. The lowest BCUT2D eigenvalue weighted by Gasteiger charge is -2.20. The van der Waals surface area contributed by atoms with E-state index in [4.69, 9.17) is 4.74 Å². The van der Waals surface area contributed by atoms with Crippen LogP contribution in [0.15, 0.2) is 12.3 Å². The number of carbonyl (C=O) groups excluding carboxylic acids is 1. The fourth-order valence-electron chi connectivity index (χ4n) is 2.98. The lowest BCUT2D eigenvalue weighted by atomic mass is 9.95. The van der Waals surface area contributed by atoms with Crippen molar-refractivity contribution in [3.05, 3.63) is 12.3 Å². The molecular formula is C24H46O2. The molecule has 0 aromatic rings. The Kier molecular flexibility index (Phi) is 15.9. The van der Waals surface area contributed by atoms with Gasteiger partial charge in [0.2, 0.25) is 0 Å². The van der Waals surface area contributed by atoms with Crippen LogP contribution in [0.2, 0.25) is 0 Å². The summed E-state index contributed by atoms with van der Waals surface area (Å²) >= 11 is 0. The molecule has 0 radical (unpaired) electrons. The van der Waals surface area contributed by atoms with Gasteiger partial charge in [-0.05, 0) is 6.42 Å². The van der Waals surface area contributed by atoms with E-state index in [-0.39, 0.29) is 11.4 Å². The maximum Gasteiger partial charge on any atom is 0.310 e. The Balaban J connectivity index is 3.27. The molecule has 0 aliphatic rings. The van der Waals surface area contributed by atoms with E-state index >= 15 is 0 Å². The van der Waals surface area contributed by atoms with Crippen LogP contribution in [-0.4, -0.2) is 5.97 Å². The van der Waals surface area contributed by atoms with E-state index in [1.165, 1.54) is 83.5 Å². The van der Waals surface area contributed by atoms with Crippen molar-refractivity contribution in [1.29, 1.82) is 0 Å². The van der Waals surface area contributed by atoms with Gasteiger partial charge in [0.15, 0.2) is 0 Å². The minimum Gasteiger partial charge on any atom is -0.431 e. The van der Waals surface area contributed by atoms with E-state index in [9.17, 15) is 4.79 Å². The van der Waals surface area contributed by atoms with Crippen molar-refractivity contribution in [2.24, 2.45) is 5.41 Å². The zero-order valence-corrected chi connectivity index (χ0v) is 18.3. The van der Waals surface area contributed by atoms with Crippen molar-refractivity contribution in [3.63, 3.8) is 0 Å². The molecule has 0 atom stereocenters. The molecular weight excluding hydrogens is 320 g/mol. The second-order valence-corrected chi connectivity index (χ2v) is 8.85. The molecule has 26 heavy (non-hydrogen) atoms. The van der Waals surface area contributed by atoms with Crippen LogP contribution in [0, 0.1) is 5.41 Å². The van der Waals surface area contributed by atoms with Crippen molar-refractivity contribution >= 4 is 5.97 Å². The van der Waals surface area contributed by atoms with E-state index in [2.05, 4.69) is 13.5 Å². The largest absolute Gasteiger partial charge is 0.431 e. The molecule has 2 nitrogen and oxygen atoms in total. The van der Waals surface area contributed by atoms with Gasteiger partial charge in [-0.15, -0.1) is 0 Å². The van der Waals surface area contributed by atoms with Crippen LogP contribution in [0.25, 0.3) is 0 Å². The van der Waals surface area contributed by atoms with Crippen molar-refractivity contribution in [3.8, 4) is 0 Å². The molecule has 0 amide bonds. The fraction of sp³-hybridized carbons (Fsp3) is 0.875. The summed E-state index contributed by atoms with van der Waals surface area (Å²) in [6.07, 6.45) is 20.6. The van der Waals surface area contributed by atoms with Gasteiger partial charge in [-0.25, -0.2) is 0 Å². The number of carbonyl (C=O) groups is 1. The average Bonchev–Trinajstić information content (AvgIpc) is 2.57. The third-order valence-corrected chi connectivity index (χ3v) is 5.06. The van der Waals surface area contributed by atoms with E-state index < -0.39 is 0 Å². The minimum absolute atomic E-state index is 0.125. The predicted molar refractivity (Wildman–Crippen MR) is 114 cm³/mol. The van der Waals surface area contributed by atoms with Crippen LogP contribution < -0.4 is 0 Å². The highest BCUT2D eigenvalue weighted by Gasteiger charge is 2.19. The topological polar surface area (TPSA) is 26.3 Å². The van der Waals surface area contributed by atoms with Gasteiger partial charge < -0.3 is 4.74 Å². The summed E-state index contributed by atoms with van der Waals surface area (Å²) in [5, 5.41) is 0. The van der Waals surface area contributed by atoms with Crippen molar-refractivity contribution in [2.75, 3.05) is 0 Å². The van der Waals surface area contributed by atoms with Gasteiger partial charge in [0.25, 0.3) is 0 Å².